The summed E-state index contributed by atoms with van der Waals surface area (Å²) in [6.45, 7) is 3.01. The minimum absolute atomic E-state index is 0.102. The van der Waals surface area contributed by atoms with E-state index < -0.39 is 5.25 Å². The zero-order chi connectivity index (χ0) is 29.8. The third-order valence-corrected chi connectivity index (χ3v) is 8.88. The molecule has 5 aromatic carbocycles. The molecule has 0 aliphatic carbocycles. The number of amides is 2. The molecule has 0 bridgehead atoms. The molecule has 1 aromatic heterocycles. The van der Waals surface area contributed by atoms with Crippen molar-refractivity contribution in [2.45, 2.75) is 30.0 Å². The van der Waals surface area contributed by atoms with Crippen molar-refractivity contribution >= 4 is 68.4 Å². The van der Waals surface area contributed by atoms with Gasteiger partial charge in [-0.3, -0.25) is 9.59 Å². The van der Waals surface area contributed by atoms with Crippen molar-refractivity contribution in [1.82, 2.24) is 4.57 Å². The number of thioether (sulfide) groups is 1. The summed E-state index contributed by atoms with van der Waals surface area (Å²) >= 11 is 7.42. The topological polar surface area (TPSA) is 63.1 Å². The molecule has 0 fully saturated rings. The first kappa shape index (κ1) is 28.6. The van der Waals surface area contributed by atoms with Crippen LogP contribution < -0.4 is 10.6 Å². The van der Waals surface area contributed by atoms with Crippen molar-refractivity contribution < 1.29 is 9.59 Å². The smallest absolute Gasteiger partial charge is 0.242 e. The Kier molecular flexibility index (Phi) is 8.50. The summed E-state index contributed by atoms with van der Waals surface area (Å²) in [7, 11) is 0. The highest BCUT2D eigenvalue weighted by atomic mass is 35.5. The molecule has 2 amide bonds. The summed E-state index contributed by atoms with van der Waals surface area (Å²) in [5.41, 5.74) is 5.59. The Balaban J connectivity index is 1.19. The number of carbonyl (C=O) groups is 2. The first-order valence-corrected chi connectivity index (χ1v) is 15.4. The number of anilines is 2. The molecule has 1 unspecified atom stereocenters. The predicted molar refractivity (Wildman–Crippen MR) is 179 cm³/mol. The van der Waals surface area contributed by atoms with Gasteiger partial charge in [0.1, 0.15) is 5.25 Å². The minimum Gasteiger partial charge on any atom is -0.341 e. The average molecular weight is 604 g/mol. The second-order valence-corrected chi connectivity index (χ2v) is 11.9. The van der Waals surface area contributed by atoms with Gasteiger partial charge in [0, 0.05) is 49.6 Å². The van der Waals surface area contributed by atoms with Crippen molar-refractivity contribution in [2.75, 3.05) is 10.6 Å². The molecule has 0 spiro atoms. The van der Waals surface area contributed by atoms with Crippen LogP contribution in [0.25, 0.3) is 21.8 Å². The third kappa shape index (κ3) is 6.46. The van der Waals surface area contributed by atoms with Gasteiger partial charge in [-0.1, -0.05) is 72.3 Å². The van der Waals surface area contributed by atoms with Crippen LogP contribution in [0.4, 0.5) is 11.4 Å². The number of nitrogens with one attached hydrogen (secondary N) is 2. The van der Waals surface area contributed by atoms with Crippen LogP contribution in [0.2, 0.25) is 5.02 Å². The number of fused-ring (bicyclic) bond motifs is 3. The number of aromatic nitrogens is 1. The van der Waals surface area contributed by atoms with Crippen molar-refractivity contribution in [2.24, 2.45) is 0 Å². The maximum Gasteiger partial charge on any atom is 0.242 e. The molecule has 0 saturated heterocycles. The van der Waals surface area contributed by atoms with Gasteiger partial charge in [0.2, 0.25) is 11.8 Å². The van der Waals surface area contributed by atoms with E-state index in [9.17, 15) is 9.59 Å². The average Bonchev–Trinajstić information content (AvgIpc) is 3.35. The normalized spacial score (nSPS) is 11.9. The van der Waals surface area contributed by atoms with E-state index in [0.29, 0.717) is 10.7 Å². The van der Waals surface area contributed by atoms with Gasteiger partial charge in [-0.2, -0.15) is 0 Å². The van der Waals surface area contributed by atoms with E-state index in [4.69, 9.17) is 11.6 Å². The predicted octanol–water partition coefficient (Wildman–Crippen LogP) is 9.12. The fourth-order valence-corrected chi connectivity index (χ4v) is 6.48. The first-order chi connectivity index (χ1) is 21.0. The maximum atomic E-state index is 13.8. The molecule has 214 valence electrons. The highest BCUT2D eigenvalue weighted by Gasteiger charge is 2.23. The van der Waals surface area contributed by atoms with Gasteiger partial charge in [-0.05, 0) is 78.7 Å². The van der Waals surface area contributed by atoms with Gasteiger partial charge < -0.3 is 15.2 Å². The molecule has 1 atom stereocenters. The molecule has 0 radical (unpaired) electrons. The Morgan fingerprint density at radius 1 is 0.744 bits per heavy atom. The summed E-state index contributed by atoms with van der Waals surface area (Å²) in [4.78, 5) is 27.2. The van der Waals surface area contributed by atoms with Gasteiger partial charge in [-0.15, -0.1) is 11.8 Å². The summed E-state index contributed by atoms with van der Waals surface area (Å²) < 4.78 is 2.29. The van der Waals surface area contributed by atoms with Crippen LogP contribution in [0.15, 0.2) is 126 Å². The largest absolute Gasteiger partial charge is 0.341 e. The van der Waals surface area contributed by atoms with E-state index in [1.165, 1.54) is 22.7 Å². The minimum atomic E-state index is -0.473. The summed E-state index contributed by atoms with van der Waals surface area (Å²) in [5, 5.41) is 8.57. The fourth-order valence-electron chi connectivity index (χ4n) is 5.33. The zero-order valence-electron chi connectivity index (χ0n) is 23.6. The molecule has 43 heavy (non-hydrogen) atoms. The lowest BCUT2D eigenvalue weighted by atomic mass is 10.1. The van der Waals surface area contributed by atoms with E-state index in [1.54, 1.807) is 12.1 Å². The number of nitrogens with zero attached hydrogens (tertiary/aromatic N) is 1. The van der Waals surface area contributed by atoms with Crippen LogP contribution in [0.1, 0.15) is 23.3 Å². The molecular weight excluding hydrogens is 574 g/mol. The highest BCUT2D eigenvalue weighted by molar-refractivity contribution is 8.00. The molecule has 5 nitrogen and oxygen atoms in total. The summed E-state index contributed by atoms with van der Waals surface area (Å²) in [6.07, 6.45) is 0.259. The van der Waals surface area contributed by atoms with Crippen molar-refractivity contribution in [3.05, 3.63) is 137 Å². The lowest BCUT2D eigenvalue weighted by molar-refractivity contribution is -0.116. The molecule has 0 aliphatic rings. The van der Waals surface area contributed by atoms with Crippen LogP contribution in [0.5, 0.6) is 0 Å². The molecule has 6 aromatic rings. The number of rotatable bonds is 9. The van der Waals surface area contributed by atoms with Crippen molar-refractivity contribution in [3.8, 4) is 0 Å². The molecule has 0 saturated carbocycles. The van der Waals surface area contributed by atoms with E-state index in [1.807, 2.05) is 78.9 Å². The number of carbonyl (C=O) groups excluding carboxylic acids is 2. The molecule has 6 rings (SSSR count). The van der Waals surface area contributed by atoms with E-state index in [2.05, 4.69) is 52.5 Å². The van der Waals surface area contributed by atoms with Gasteiger partial charge in [0.05, 0.1) is 6.42 Å². The zero-order valence-corrected chi connectivity index (χ0v) is 25.2. The number of halogens is 1. The highest BCUT2D eigenvalue weighted by Crippen LogP contribution is 2.37. The lowest BCUT2D eigenvalue weighted by Gasteiger charge is -2.18. The molecule has 1 heterocycles. The Hall–Kier alpha value is -4.52. The second-order valence-electron chi connectivity index (χ2n) is 10.3. The fraction of sp³-hybridized carbons (Fsp3) is 0.111. The van der Waals surface area contributed by atoms with Crippen LogP contribution in [-0.2, 0) is 22.6 Å². The Bertz CT molecular complexity index is 1900. The van der Waals surface area contributed by atoms with Gasteiger partial charge in [0.25, 0.3) is 0 Å². The van der Waals surface area contributed by atoms with E-state index >= 15 is 0 Å². The Morgan fingerprint density at radius 2 is 1.42 bits per heavy atom. The quantitative estimate of drug-likeness (QED) is 0.162. The second kappa shape index (κ2) is 12.8. The van der Waals surface area contributed by atoms with Crippen molar-refractivity contribution in [3.63, 3.8) is 0 Å². The molecule has 2 N–H and O–H groups in total. The van der Waals surface area contributed by atoms with E-state index in [0.717, 1.165) is 39.2 Å². The third-order valence-electron chi connectivity index (χ3n) is 7.37. The standard InChI is InChI=1S/C36H30ClN3O2S/c1-2-40-32-11-7-6-10-30(32)31-23-28(18-21-33(31)40)39-36(42)35(25-8-4-3-5-9-25)43-29-19-16-27(17-20-29)38-34(41)22-24-12-14-26(37)15-13-24/h3-21,23,35H,2,22H2,1H3,(H,38,41)(H,39,42). The van der Waals surface area contributed by atoms with Crippen LogP contribution in [0.3, 0.4) is 0 Å². The van der Waals surface area contributed by atoms with Gasteiger partial charge in [-0.25, -0.2) is 0 Å². The number of benzene rings is 5. The number of hydrogen-bond donors (Lipinski definition) is 2. The molecule has 0 aliphatic heterocycles. The Morgan fingerprint density at radius 3 is 2.16 bits per heavy atom. The van der Waals surface area contributed by atoms with Crippen molar-refractivity contribution in [1.29, 1.82) is 0 Å². The van der Waals surface area contributed by atoms with Crippen LogP contribution >= 0.6 is 23.4 Å². The summed E-state index contributed by atoms with van der Waals surface area (Å²) in [5.74, 6) is -0.210. The van der Waals surface area contributed by atoms with E-state index in [-0.39, 0.29) is 18.2 Å². The molecular formula is C36H30ClN3O2S. The Labute approximate surface area is 259 Å². The van der Waals surface area contributed by atoms with Crippen LogP contribution in [0, 0.1) is 0 Å². The molecule has 7 heteroatoms. The van der Waals surface area contributed by atoms with Crippen LogP contribution in [-0.4, -0.2) is 16.4 Å². The summed E-state index contributed by atoms with van der Waals surface area (Å²) in [6, 6.07) is 39.1. The SMILES string of the molecule is CCn1c2ccccc2c2cc(NC(=O)C(Sc3ccc(NC(=O)Cc4ccc(Cl)cc4)cc3)c3ccccc3)ccc21. The monoisotopic (exact) mass is 603 g/mol. The number of aryl methyl sites for hydroxylation is 1. The van der Waals surface area contributed by atoms with Gasteiger partial charge >= 0.3 is 0 Å². The first-order valence-electron chi connectivity index (χ1n) is 14.2. The lowest BCUT2D eigenvalue weighted by Crippen LogP contribution is -2.19. The maximum absolute atomic E-state index is 13.8. The number of hydrogen-bond acceptors (Lipinski definition) is 3. The number of para-hydroxylation sites is 1. The van der Waals surface area contributed by atoms with Gasteiger partial charge in [0.15, 0.2) is 0 Å².